The molecule has 0 atom stereocenters. The molecule has 1 N–H and O–H groups in total. The standard InChI is InChI=1S/CHF3N2O/c2-1(3,4)5-6-7/h(H,5,7). The van der Waals surface area contributed by atoms with E-state index < -0.39 is 6.30 Å². The Hall–Kier alpha value is -0.810. The van der Waals surface area contributed by atoms with Crippen molar-refractivity contribution in [3.8, 4) is 0 Å². The monoisotopic (exact) mass is 114 g/mol. The second-order valence-corrected chi connectivity index (χ2v) is 0.701. The number of rotatable bonds is 1. The number of nitrogens with zero attached hydrogens (tertiary/aromatic N) is 1. The van der Waals surface area contributed by atoms with Crippen LogP contribution >= 0.6 is 0 Å². The minimum Gasteiger partial charge on any atom is -0.181 e. The highest BCUT2D eigenvalue weighted by molar-refractivity contribution is 4.35. The van der Waals surface area contributed by atoms with Gasteiger partial charge >= 0.3 is 6.30 Å². The molecule has 7 heavy (non-hydrogen) atoms. The van der Waals surface area contributed by atoms with Gasteiger partial charge in [-0.25, -0.2) is 0 Å². The zero-order valence-electron chi connectivity index (χ0n) is 2.99. The molecule has 0 saturated heterocycles. The molecule has 0 rings (SSSR count). The van der Waals surface area contributed by atoms with Crippen LogP contribution in [0.25, 0.3) is 0 Å². The van der Waals surface area contributed by atoms with Gasteiger partial charge in [-0.05, 0) is 0 Å². The number of nitrogens with one attached hydrogen (secondary N) is 1. The Kier molecular flexibility index (Phi) is 1.56. The fraction of sp³-hybridized carbons (Fsp3) is 1.00. The summed E-state index contributed by atoms with van der Waals surface area (Å²) in [5.41, 5.74) is 0.354. The van der Waals surface area contributed by atoms with Gasteiger partial charge in [-0.15, -0.1) is 18.1 Å². The van der Waals surface area contributed by atoms with Crippen molar-refractivity contribution in [2.45, 2.75) is 6.30 Å². The predicted molar refractivity (Wildman–Crippen MR) is 15.0 cm³/mol. The lowest BCUT2D eigenvalue weighted by atomic mass is 11.2. The lowest BCUT2D eigenvalue weighted by Crippen LogP contribution is -2.25. The molecule has 0 heterocycles. The van der Waals surface area contributed by atoms with E-state index in [0.29, 0.717) is 5.43 Å². The van der Waals surface area contributed by atoms with Crippen LogP contribution in [0.3, 0.4) is 0 Å². The molecule has 0 radical (unpaired) electrons. The van der Waals surface area contributed by atoms with Crippen LogP contribution in [0.2, 0.25) is 0 Å². The van der Waals surface area contributed by atoms with Gasteiger partial charge in [-0.3, -0.25) is 0 Å². The van der Waals surface area contributed by atoms with E-state index in [9.17, 15) is 13.2 Å². The highest BCUT2D eigenvalue weighted by Gasteiger charge is 2.26. The van der Waals surface area contributed by atoms with Gasteiger partial charge in [0.25, 0.3) is 0 Å². The molecule has 0 saturated carbocycles. The van der Waals surface area contributed by atoms with Crippen LogP contribution in [0, 0.1) is 4.91 Å². The van der Waals surface area contributed by atoms with Crippen LogP contribution in [0.4, 0.5) is 13.2 Å². The van der Waals surface area contributed by atoms with E-state index in [4.69, 9.17) is 4.91 Å². The van der Waals surface area contributed by atoms with Crippen LogP contribution in [-0.2, 0) is 0 Å². The molecule has 6 heteroatoms. The van der Waals surface area contributed by atoms with Crippen molar-refractivity contribution in [1.29, 1.82) is 0 Å². The van der Waals surface area contributed by atoms with Crippen LogP contribution < -0.4 is 5.43 Å². The zero-order valence-corrected chi connectivity index (χ0v) is 2.99. The third-order valence-corrected chi connectivity index (χ3v) is 0.172. The summed E-state index contributed by atoms with van der Waals surface area (Å²) in [6, 6.07) is 0. The van der Waals surface area contributed by atoms with E-state index in [2.05, 4.69) is 0 Å². The Bertz CT molecular complexity index is 67.8. The van der Waals surface area contributed by atoms with Gasteiger partial charge in [0, 0.05) is 0 Å². The van der Waals surface area contributed by atoms with Gasteiger partial charge in [0.1, 0.15) is 0 Å². The fourth-order valence-electron chi connectivity index (χ4n) is 0.0518. The Balaban J connectivity index is 3.34. The van der Waals surface area contributed by atoms with Gasteiger partial charge in [0.2, 0.25) is 0 Å². The first-order valence-corrected chi connectivity index (χ1v) is 1.22. The van der Waals surface area contributed by atoms with E-state index in [1.165, 1.54) is 5.29 Å². The van der Waals surface area contributed by atoms with Crippen molar-refractivity contribution in [3.05, 3.63) is 4.91 Å². The lowest BCUT2D eigenvalue weighted by molar-refractivity contribution is -0.156. The molecule has 0 aromatic carbocycles. The van der Waals surface area contributed by atoms with Crippen molar-refractivity contribution in [3.63, 3.8) is 0 Å². The van der Waals surface area contributed by atoms with Crippen molar-refractivity contribution in [1.82, 2.24) is 5.43 Å². The summed E-state index contributed by atoms with van der Waals surface area (Å²) in [4.78, 5) is 8.74. The summed E-state index contributed by atoms with van der Waals surface area (Å²) in [5.74, 6) is 0. The molecule has 3 nitrogen and oxygen atoms in total. The molecule has 0 aromatic heterocycles. The zero-order chi connectivity index (χ0) is 5.91. The van der Waals surface area contributed by atoms with Gasteiger partial charge in [-0.2, -0.15) is 5.43 Å². The molecular formula is CHF3N2O. The Morgan fingerprint density at radius 3 is 1.86 bits per heavy atom. The van der Waals surface area contributed by atoms with Gasteiger partial charge < -0.3 is 0 Å². The number of hydrogen-bond donors (Lipinski definition) is 1. The molecular weight excluding hydrogens is 113 g/mol. The van der Waals surface area contributed by atoms with Gasteiger partial charge in [0.15, 0.2) is 0 Å². The first-order chi connectivity index (χ1) is 3.06. The highest BCUT2D eigenvalue weighted by Crippen LogP contribution is 2.07. The molecule has 0 aliphatic heterocycles. The number of halogens is 3. The minimum absolute atomic E-state index is 0.354. The number of nitroso groups, excluding NO2 is 1. The molecule has 0 aromatic rings. The molecule has 0 spiro atoms. The van der Waals surface area contributed by atoms with Crippen LogP contribution in [0.1, 0.15) is 0 Å². The average molecular weight is 114 g/mol. The van der Waals surface area contributed by atoms with Crippen LogP contribution in [0.15, 0.2) is 5.29 Å². The van der Waals surface area contributed by atoms with Crippen molar-refractivity contribution in [2.75, 3.05) is 0 Å². The first kappa shape index (κ1) is 6.19. The maximum atomic E-state index is 10.7. The number of hydrogen-bond acceptors (Lipinski definition) is 2. The highest BCUT2D eigenvalue weighted by atomic mass is 19.4. The third-order valence-electron chi connectivity index (χ3n) is 0.172. The first-order valence-electron chi connectivity index (χ1n) is 1.22. The van der Waals surface area contributed by atoms with Crippen molar-refractivity contribution in [2.24, 2.45) is 5.29 Å². The van der Waals surface area contributed by atoms with E-state index in [0.717, 1.165) is 0 Å². The fourth-order valence-corrected chi connectivity index (χ4v) is 0.0518. The maximum absolute atomic E-state index is 10.7. The lowest BCUT2D eigenvalue weighted by Gasteiger charge is -1.97. The molecule has 42 valence electrons. The third kappa shape index (κ3) is 5.19. The Morgan fingerprint density at radius 2 is 1.86 bits per heavy atom. The molecule has 0 fully saturated rings. The smallest absolute Gasteiger partial charge is 0.181 e. The summed E-state index contributed by atoms with van der Waals surface area (Å²) in [6.45, 7) is 0. The Morgan fingerprint density at radius 1 is 1.43 bits per heavy atom. The second-order valence-electron chi connectivity index (χ2n) is 0.701. The average Bonchev–Trinajstić information content (AvgIpc) is 1.30. The summed E-state index contributed by atoms with van der Waals surface area (Å²) in [7, 11) is 0. The van der Waals surface area contributed by atoms with E-state index >= 15 is 0 Å². The SMILES string of the molecule is O=NNC(F)(F)F. The summed E-state index contributed by atoms with van der Waals surface area (Å²) in [6.07, 6.45) is -4.68. The van der Waals surface area contributed by atoms with Crippen molar-refractivity contribution < 1.29 is 13.2 Å². The van der Waals surface area contributed by atoms with Crippen molar-refractivity contribution >= 4 is 0 Å². The number of alkyl halides is 3. The molecule has 0 aliphatic rings. The topological polar surface area (TPSA) is 41.5 Å². The minimum atomic E-state index is -4.68. The largest absolute Gasteiger partial charge is 0.500 e. The predicted octanol–water partition coefficient (Wildman–Crippen LogP) is 0.777. The molecule has 0 amide bonds. The maximum Gasteiger partial charge on any atom is 0.500 e. The quantitative estimate of drug-likeness (QED) is 0.311. The van der Waals surface area contributed by atoms with Crippen LogP contribution in [0.5, 0.6) is 0 Å². The van der Waals surface area contributed by atoms with Gasteiger partial charge in [0.05, 0.1) is 5.29 Å². The second kappa shape index (κ2) is 1.76. The van der Waals surface area contributed by atoms with Crippen LogP contribution in [-0.4, -0.2) is 6.30 Å². The normalized spacial score (nSPS) is 10.7. The molecule has 0 unspecified atom stereocenters. The Labute approximate surface area is 36.5 Å². The summed E-state index contributed by atoms with van der Waals surface area (Å²) < 4.78 is 32.0. The van der Waals surface area contributed by atoms with E-state index in [-0.39, 0.29) is 0 Å². The summed E-state index contributed by atoms with van der Waals surface area (Å²) >= 11 is 0. The van der Waals surface area contributed by atoms with Gasteiger partial charge in [-0.1, -0.05) is 0 Å². The van der Waals surface area contributed by atoms with E-state index in [1.807, 2.05) is 0 Å². The molecule has 0 aliphatic carbocycles. The molecule has 0 bridgehead atoms. The van der Waals surface area contributed by atoms with E-state index in [1.54, 1.807) is 0 Å². The summed E-state index contributed by atoms with van der Waals surface area (Å²) in [5, 5.41) is 1.38.